The molecule has 1 N–H and O–H groups in total. The van der Waals surface area contributed by atoms with Gasteiger partial charge in [-0.1, -0.05) is 34.1 Å². The summed E-state index contributed by atoms with van der Waals surface area (Å²) in [4.78, 5) is 24.2. The molecule has 0 atom stereocenters. The summed E-state index contributed by atoms with van der Waals surface area (Å²) in [6.07, 6.45) is 0.914. The second-order valence-electron chi connectivity index (χ2n) is 4.60. The fourth-order valence-electron chi connectivity index (χ4n) is 1.79. The second-order valence-corrected chi connectivity index (χ2v) is 5.45. The van der Waals surface area contributed by atoms with Crippen molar-refractivity contribution in [1.82, 2.24) is 4.90 Å². The quantitative estimate of drug-likeness (QED) is 0.873. The molecule has 1 aromatic carbocycles. The molecular weight excluding hydrogens is 310 g/mol. The number of aryl methyl sites for hydroxylation is 1. The highest BCUT2D eigenvalue weighted by molar-refractivity contribution is 9.10. The minimum atomic E-state index is -0.983. The van der Waals surface area contributed by atoms with Crippen LogP contribution in [0.5, 0.6) is 0 Å². The lowest BCUT2D eigenvalue weighted by atomic mass is 10.1. The van der Waals surface area contributed by atoms with Crippen LogP contribution in [0.25, 0.3) is 0 Å². The summed E-state index contributed by atoms with van der Waals surface area (Å²) in [5, 5.41) is 8.81. The lowest BCUT2D eigenvalue weighted by Crippen LogP contribution is -2.40. The van der Waals surface area contributed by atoms with Crippen molar-refractivity contribution in [1.29, 1.82) is 0 Å². The highest BCUT2D eigenvalue weighted by atomic mass is 79.9. The first-order chi connectivity index (χ1) is 8.91. The number of halogens is 1. The van der Waals surface area contributed by atoms with Gasteiger partial charge in [0.1, 0.15) is 6.54 Å². The highest BCUT2D eigenvalue weighted by Gasteiger charge is 2.19. The molecule has 0 heterocycles. The Morgan fingerprint density at radius 1 is 1.32 bits per heavy atom. The van der Waals surface area contributed by atoms with Crippen molar-refractivity contribution in [3.05, 3.63) is 34.3 Å². The van der Waals surface area contributed by atoms with E-state index in [1.54, 1.807) is 0 Å². The summed E-state index contributed by atoms with van der Waals surface area (Å²) in [6, 6.07) is 7.61. The monoisotopic (exact) mass is 327 g/mol. The first kappa shape index (κ1) is 15.7. The van der Waals surface area contributed by atoms with Gasteiger partial charge in [-0.25, -0.2) is 0 Å². The molecule has 0 saturated carbocycles. The molecule has 104 valence electrons. The van der Waals surface area contributed by atoms with E-state index >= 15 is 0 Å². The number of benzene rings is 1. The Kier molecular flexibility index (Phi) is 6.02. The maximum atomic E-state index is 12.1. The number of carbonyl (C=O) groups is 2. The van der Waals surface area contributed by atoms with Gasteiger partial charge in [-0.05, 0) is 31.9 Å². The number of carboxylic acid groups (broad SMARTS) is 1. The average Bonchev–Trinajstić information content (AvgIpc) is 2.34. The topological polar surface area (TPSA) is 57.6 Å². The molecular formula is C14H18BrNO3. The Bertz CT molecular complexity index is 460. The largest absolute Gasteiger partial charge is 0.480 e. The van der Waals surface area contributed by atoms with Crippen LogP contribution in [0.15, 0.2) is 28.7 Å². The number of hydrogen-bond acceptors (Lipinski definition) is 2. The molecule has 1 aromatic rings. The fourth-order valence-corrected chi connectivity index (χ4v) is 2.27. The van der Waals surface area contributed by atoms with Gasteiger partial charge in [0.15, 0.2) is 0 Å². The third-order valence-corrected chi connectivity index (χ3v) is 3.59. The molecule has 0 fully saturated rings. The van der Waals surface area contributed by atoms with Gasteiger partial charge in [0.25, 0.3) is 0 Å². The molecule has 4 nitrogen and oxygen atoms in total. The summed E-state index contributed by atoms with van der Waals surface area (Å²) < 4.78 is 0.970. The van der Waals surface area contributed by atoms with E-state index in [0.717, 1.165) is 10.0 Å². The zero-order valence-corrected chi connectivity index (χ0v) is 12.7. The van der Waals surface area contributed by atoms with Gasteiger partial charge in [-0.15, -0.1) is 0 Å². The Morgan fingerprint density at radius 2 is 1.95 bits per heavy atom. The van der Waals surface area contributed by atoms with Crippen molar-refractivity contribution in [2.45, 2.75) is 32.7 Å². The minimum Gasteiger partial charge on any atom is -0.480 e. The molecule has 0 saturated heterocycles. The molecule has 0 aromatic heterocycles. The Balaban J connectivity index is 2.63. The van der Waals surface area contributed by atoms with Crippen LogP contribution >= 0.6 is 15.9 Å². The first-order valence-corrected chi connectivity index (χ1v) is 6.95. The molecule has 0 unspecified atom stereocenters. The molecule has 1 rings (SSSR count). The minimum absolute atomic E-state index is 0.109. The fraction of sp³-hybridized carbons (Fsp3) is 0.429. The Labute approximate surface area is 121 Å². The van der Waals surface area contributed by atoms with E-state index in [0.29, 0.717) is 12.8 Å². The number of carboxylic acids is 1. The van der Waals surface area contributed by atoms with E-state index in [1.807, 2.05) is 38.1 Å². The molecule has 19 heavy (non-hydrogen) atoms. The number of hydrogen-bond donors (Lipinski definition) is 1. The van der Waals surface area contributed by atoms with Crippen LogP contribution in [0, 0.1) is 0 Å². The number of aliphatic carboxylic acids is 1. The van der Waals surface area contributed by atoms with Gasteiger partial charge < -0.3 is 10.0 Å². The van der Waals surface area contributed by atoms with E-state index in [2.05, 4.69) is 15.9 Å². The van der Waals surface area contributed by atoms with Crippen LogP contribution in [-0.2, 0) is 16.0 Å². The maximum absolute atomic E-state index is 12.1. The van der Waals surface area contributed by atoms with Crippen LogP contribution in [-0.4, -0.2) is 34.5 Å². The molecule has 5 heteroatoms. The van der Waals surface area contributed by atoms with Crippen LogP contribution < -0.4 is 0 Å². The normalized spacial score (nSPS) is 10.5. The van der Waals surface area contributed by atoms with Crippen LogP contribution in [0.3, 0.4) is 0 Å². The number of nitrogens with zero attached hydrogens (tertiary/aromatic N) is 1. The average molecular weight is 328 g/mol. The summed E-state index contributed by atoms with van der Waals surface area (Å²) in [5.74, 6) is -1.11. The van der Waals surface area contributed by atoms with Crippen LogP contribution in [0.2, 0.25) is 0 Å². The van der Waals surface area contributed by atoms with E-state index < -0.39 is 5.97 Å². The third kappa shape index (κ3) is 5.03. The zero-order chi connectivity index (χ0) is 14.4. The van der Waals surface area contributed by atoms with Gasteiger partial charge in [-0.2, -0.15) is 0 Å². The first-order valence-electron chi connectivity index (χ1n) is 6.16. The van der Waals surface area contributed by atoms with Gasteiger partial charge in [0.05, 0.1) is 0 Å². The zero-order valence-electron chi connectivity index (χ0n) is 11.1. The molecule has 0 bridgehead atoms. The number of amides is 1. The van der Waals surface area contributed by atoms with E-state index in [4.69, 9.17) is 5.11 Å². The number of carbonyl (C=O) groups excluding carboxylic acids is 1. The molecule has 0 radical (unpaired) electrons. The van der Waals surface area contributed by atoms with Gasteiger partial charge in [-0.3, -0.25) is 9.59 Å². The molecule has 0 aliphatic heterocycles. The number of rotatable bonds is 6. The summed E-state index contributed by atoms with van der Waals surface area (Å²) in [6.45, 7) is 3.39. The van der Waals surface area contributed by atoms with Gasteiger partial charge in [0, 0.05) is 16.9 Å². The van der Waals surface area contributed by atoms with E-state index in [9.17, 15) is 9.59 Å². The van der Waals surface area contributed by atoms with Crippen LogP contribution in [0.1, 0.15) is 25.8 Å². The maximum Gasteiger partial charge on any atom is 0.323 e. The SMILES string of the molecule is CC(C)N(CC(=O)O)C(=O)CCc1ccccc1Br. The molecule has 0 aliphatic carbocycles. The predicted octanol–water partition coefficient (Wildman–Crippen LogP) is 2.70. The molecule has 0 spiro atoms. The third-order valence-electron chi connectivity index (χ3n) is 2.82. The second kappa shape index (κ2) is 7.28. The van der Waals surface area contributed by atoms with Gasteiger partial charge >= 0.3 is 5.97 Å². The predicted molar refractivity (Wildman–Crippen MR) is 76.9 cm³/mol. The highest BCUT2D eigenvalue weighted by Crippen LogP contribution is 2.18. The van der Waals surface area contributed by atoms with Crippen molar-refractivity contribution >= 4 is 27.8 Å². The van der Waals surface area contributed by atoms with Crippen molar-refractivity contribution < 1.29 is 14.7 Å². The molecule has 1 amide bonds. The van der Waals surface area contributed by atoms with Crippen molar-refractivity contribution in [2.75, 3.05) is 6.54 Å². The van der Waals surface area contributed by atoms with Crippen molar-refractivity contribution in [2.24, 2.45) is 0 Å². The standard InChI is InChI=1S/C14H18BrNO3/c1-10(2)16(9-14(18)19)13(17)8-7-11-5-3-4-6-12(11)15/h3-6,10H,7-9H2,1-2H3,(H,18,19). The lowest BCUT2D eigenvalue weighted by molar-refractivity contribution is -0.145. The van der Waals surface area contributed by atoms with E-state index in [-0.39, 0.29) is 18.5 Å². The Morgan fingerprint density at radius 3 is 2.47 bits per heavy atom. The van der Waals surface area contributed by atoms with Crippen molar-refractivity contribution in [3.63, 3.8) is 0 Å². The summed E-state index contributed by atoms with van der Waals surface area (Å²) >= 11 is 3.43. The summed E-state index contributed by atoms with van der Waals surface area (Å²) in [5.41, 5.74) is 1.05. The lowest BCUT2D eigenvalue weighted by Gasteiger charge is -2.25. The summed E-state index contributed by atoms with van der Waals surface area (Å²) in [7, 11) is 0. The molecule has 0 aliphatic rings. The van der Waals surface area contributed by atoms with Crippen molar-refractivity contribution in [3.8, 4) is 0 Å². The Hall–Kier alpha value is -1.36. The van der Waals surface area contributed by atoms with E-state index in [1.165, 1.54) is 4.90 Å². The smallest absolute Gasteiger partial charge is 0.323 e. The van der Waals surface area contributed by atoms with Crippen LogP contribution in [0.4, 0.5) is 0 Å². The van der Waals surface area contributed by atoms with Gasteiger partial charge in [0.2, 0.25) is 5.91 Å².